The second-order valence-corrected chi connectivity index (χ2v) is 7.53. The van der Waals surface area contributed by atoms with Crippen molar-refractivity contribution in [3.05, 3.63) is 58.3 Å². The molecule has 0 fully saturated rings. The van der Waals surface area contributed by atoms with Gasteiger partial charge in [-0.3, -0.25) is 10.1 Å². The number of fused-ring (bicyclic) bond motifs is 3. The number of benzene rings is 1. The van der Waals surface area contributed by atoms with E-state index in [1.165, 1.54) is 12.1 Å². The Labute approximate surface area is 176 Å². The molecule has 9 nitrogen and oxygen atoms in total. The van der Waals surface area contributed by atoms with Gasteiger partial charge in [0.05, 0.1) is 6.07 Å². The Balaban J connectivity index is 1.62. The van der Waals surface area contributed by atoms with Gasteiger partial charge in [0.15, 0.2) is 11.9 Å². The van der Waals surface area contributed by atoms with Gasteiger partial charge < -0.3 is 14.5 Å². The average molecular weight is 425 g/mol. The number of rotatable bonds is 7. The first kappa shape index (κ1) is 19.9. The first-order chi connectivity index (χ1) is 14.6. The molecular weight excluding hydrogens is 406 g/mol. The molecule has 0 saturated heterocycles. The standard InChI is InChI=1S/C20H19N5O4S/c1-2-3-12-30-20-22-19-18(23-24-20)14-6-4-5-7-15(14)21-16(29-19)10-8-13-9-11-17(28-13)25(26)27/h4-11,16,21H,2-3,12H2,1H3/b10-8-/t16-/m0/s1. The Hall–Kier alpha value is -3.40. The molecule has 1 aliphatic heterocycles. The van der Waals surface area contributed by atoms with Crippen molar-refractivity contribution in [2.75, 3.05) is 11.1 Å². The van der Waals surface area contributed by atoms with Crippen LogP contribution in [0.25, 0.3) is 17.3 Å². The minimum atomic E-state index is -0.582. The van der Waals surface area contributed by atoms with E-state index in [9.17, 15) is 10.1 Å². The summed E-state index contributed by atoms with van der Waals surface area (Å²) in [4.78, 5) is 14.8. The summed E-state index contributed by atoms with van der Waals surface area (Å²) in [5, 5.41) is 23.2. The smallest absolute Gasteiger partial charge is 0.433 e. The average Bonchev–Trinajstić information content (AvgIpc) is 3.16. The highest BCUT2D eigenvalue weighted by Crippen LogP contribution is 2.36. The topological polar surface area (TPSA) is 116 Å². The number of furan rings is 1. The van der Waals surface area contributed by atoms with E-state index in [-0.39, 0.29) is 5.88 Å². The van der Waals surface area contributed by atoms with Crippen molar-refractivity contribution in [1.29, 1.82) is 0 Å². The molecule has 1 aliphatic rings. The van der Waals surface area contributed by atoms with Crippen molar-refractivity contribution >= 4 is 29.4 Å². The summed E-state index contributed by atoms with van der Waals surface area (Å²) in [5.41, 5.74) is 2.21. The zero-order chi connectivity index (χ0) is 20.9. The number of hydrogen-bond acceptors (Lipinski definition) is 9. The molecule has 0 aliphatic carbocycles. The molecule has 0 spiro atoms. The minimum absolute atomic E-state index is 0.314. The van der Waals surface area contributed by atoms with Gasteiger partial charge in [-0.25, -0.2) is 0 Å². The molecule has 0 bridgehead atoms. The van der Waals surface area contributed by atoms with E-state index in [2.05, 4.69) is 27.4 Å². The van der Waals surface area contributed by atoms with Crippen LogP contribution in [-0.4, -0.2) is 32.1 Å². The minimum Gasteiger partial charge on any atom is -0.448 e. The van der Waals surface area contributed by atoms with Gasteiger partial charge in [-0.15, -0.1) is 10.2 Å². The maximum Gasteiger partial charge on any atom is 0.433 e. The zero-order valence-corrected chi connectivity index (χ0v) is 17.0. The highest BCUT2D eigenvalue weighted by molar-refractivity contribution is 7.99. The lowest BCUT2D eigenvalue weighted by Crippen LogP contribution is -2.23. The first-order valence-corrected chi connectivity index (χ1v) is 10.4. The summed E-state index contributed by atoms with van der Waals surface area (Å²) in [6.07, 6.45) is 4.90. The summed E-state index contributed by atoms with van der Waals surface area (Å²) in [5.74, 6) is 1.32. The van der Waals surface area contributed by atoms with Gasteiger partial charge in [0, 0.05) is 17.0 Å². The number of thioether (sulfide) groups is 1. The molecule has 4 rings (SSSR count). The van der Waals surface area contributed by atoms with Gasteiger partial charge in [0.25, 0.3) is 0 Å². The summed E-state index contributed by atoms with van der Waals surface area (Å²) in [6, 6.07) is 10.5. The van der Waals surface area contributed by atoms with E-state index in [1.807, 2.05) is 24.3 Å². The van der Waals surface area contributed by atoms with E-state index in [0.717, 1.165) is 29.8 Å². The molecule has 1 atom stereocenters. The van der Waals surface area contributed by atoms with Crippen molar-refractivity contribution in [3.63, 3.8) is 0 Å². The maximum absolute atomic E-state index is 10.8. The number of anilines is 1. The summed E-state index contributed by atoms with van der Waals surface area (Å²) < 4.78 is 11.2. The highest BCUT2D eigenvalue weighted by Gasteiger charge is 2.23. The maximum atomic E-state index is 10.8. The van der Waals surface area contributed by atoms with Crippen molar-refractivity contribution in [2.24, 2.45) is 0 Å². The molecule has 154 valence electrons. The molecule has 0 unspecified atom stereocenters. The first-order valence-electron chi connectivity index (χ1n) is 9.46. The fourth-order valence-electron chi connectivity index (χ4n) is 2.84. The Morgan fingerprint density at radius 3 is 2.93 bits per heavy atom. The molecule has 3 heterocycles. The van der Waals surface area contributed by atoms with Crippen LogP contribution in [0.2, 0.25) is 0 Å². The molecule has 0 amide bonds. The lowest BCUT2D eigenvalue weighted by Gasteiger charge is -2.15. The summed E-state index contributed by atoms with van der Waals surface area (Å²) in [7, 11) is 0. The molecule has 1 N–H and O–H groups in total. The third-order valence-corrected chi connectivity index (χ3v) is 5.23. The largest absolute Gasteiger partial charge is 0.448 e. The van der Waals surface area contributed by atoms with E-state index >= 15 is 0 Å². The quantitative estimate of drug-likeness (QED) is 0.247. The number of aromatic nitrogens is 3. The third kappa shape index (κ3) is 4.43. The van der Waals surface area contributed by atoms with Crippen molar-refractivity contribution in [3.8, 4) is 17.1 Å². The zero-order valence-electron chi connectivity index (χ0n) is 16.1. The summed E-state index contributed by atoms with van der Waals surface area (Å²) in [6.45, 7) is 2.13. The fourth-order valence-corrected chi connectivity index (χ4v) is 3.70. The van der Waals surface area contributed by atoms with E-state index < -0.39 is 11.2 Å². The number of nitrogens with zero attached hydrogens (tertiary/aromatic N) is 4. The Kier molecular flexibility index (Phi) is 5.94. The Bertz CT molecular complexity index is 1080. The monoisotopic (exact) mass is 425 g/mol. The lowest BCUT2D eigenvalue weighted by molar-refractivity contribution is -0.402. The van der Waals surface area contributed by atoms with Crippen LogP contribution in [0, 0.1) is 10.1 Å². The van der Waals surface area contributed by atoms with Crippen LogP contribution in [0.4, 0.5) is 11.6 Å². The van der Waals surface area contributed by atoms with Crippen LogP contribution in [0.1, 0.15) is 25.5 Å². The van der Waals surface area contributed by atoms with Gasteiger partial charge >= 0.3 is 5.88 Å². The number of nitrogens with one attached hydrogen (secondary N) is 1. The van der Waals surface area contributed by atoms with Gasteiger partial charge in [-0.2, -0.15) is 4.98 Å². The molecular formula is C20H19N5O4S. The van der Waals surface area contributed by atoms with Crippen molar-refractivity contribution in [2.45, 2.75) is 31.1 Å². The number of unbranched alkanes of at least 4 members (excludes halogenated alkanes) is 1. The molecule has 2 aromatic heterocycles. The van der Waals surface area contributed by atoms with Crippen molar-refractivity contribution in [1.82, 2.24) is 15.2 Å². The predicted octanol–water partition coefficient (Wildman–Crippen LogP) is 4.78. The molecule has 0 saturated carbocycles. The second-order valence-electron chi connectivity index (χ2n) is 6.47. The van der Waals surface area contributed by atoms with Gasteiger partial charge in [-0.05, 0) is 30.7 Å². The molecule has 10 heteroatoms. The molecule has 1 aromatic carbocycles. The second kappa shape index (κ2) is 8.95. The Morgan fingerprint density at radius 2 is 2.13 bits per heavy atom. The lowest BCUT2D eigenvalue weighted by atomic mass is 10.1. The van der Waals surface area contributed by atoms with Crippen LogP contribution >= 0.6 is 11.8 Å². The number of nitro groups is 1. The molecule has 0 radical (unpaired) electrons. The van der Waals surface area contributed by atoms with Gasteiger partial charge in [0.1, 0.15) is 10.7 Å². The van der Waals surface area contributed by atoms with Crippen LogP contribution in [-0.2, 0) is 0 Å². The summed E-state index contributed by atoms with van der Waals surface area (Å²) >= 11 is 1.54. The Morgan fingerprint density at radius 1 is 1.27 bits per heavy atom. The van der Waals surface area contributed by atoms with E-state index in [4.69, 9.17) is 9.15 Å². The van der Waals surface area contributed by atoms with Crippen molar-refractivity contribution < 1.29 is 14.1 Å². The highest BCUT2D eigenvalue weighted by atomic mass is 32.2. The normalized spacial score (nSPS) is 15.0. The van der Waals surface area contributed by atoms with E-state index in [1.54, 1.807) is 23.9 Å². The number of hydrogen-bond donors (Lipinski definition) is 1. The van der Waals surface area contributed by atoms with E-state index in [0.29, 0.717) is 22.5 Å². The molecule has 30 heavy (non-hydrogen) atoms. The van der Waals surface area contributed by atoms with Gasteiger partial charge in [0.2, 0.25) is 11.0 Å². The third-order valence-electron chi connectivity index (χ3n) is 4.31. The predicted molar refractivity (Wildman–Crippen MR) is 113 cm³/mol. The number of ether oxygens (including phenoxy) is 1. The fraction of sp³-hybridized carbons (Fsp3) is 0.250. The molecule has 3 aromatic rings. The van der Waals surface area contributed by atoms with Crippen LogP contribution < -0.4 is 10.1 Å². The van der Waals surface area contributed by atoms with Crippen LogP contribution in [0.3, 0.4) is 0 Å². The van der Waals surface area contributed by atoms with Crippen LogP contribution in [0.5, 0.6) is 5.88 Å². The van der Waals surface area contributed by atoms with Gasteiger partial charge in [-0.1, -0.05) is 43.3 Å². The van der Waals surface area contributed by atoms with Crippen LogP contribution in [0.15, 0.2) is 52.0 Å². The SMILES string of the molecule is CCCCSc1nnc2c(n1)O[C@@H](/C=C\c1ccc([N+](=O)[O-])o1)Nc1ccccc1-2. The number of para-hydroxylation sites is 1.